The highest BCUT2D eigenvalue weighted by atomic mass is 32.1. The number of H-pyrrole nitrogens is 1. The van der Waals surface area contributed by atoms with Gasteiger partial charge in [-0.25, -0.2) is 9.97 Å². The molecule has 3 aromatic heterocycles. The van der Waals surface area contributed by atoms with Crippen molar-refractivity contribution in [2.24, 2.45) is 0 Å². The van der Waals surface area contributed by atoms with Gasteiger partial charge in [-0.1, -0.05) is 12.2 Å². The molecule has 3 N–H and O–H groups in total. The first kappa shape index (κ1) is 35.0. The number of aldehydes is 1. The number of anilines is 1. The zero-order chi connectivity index (χ0) is 31.9. The van der Waals surface area contributed by atoms with E-state index < -0.39 is 0 Å². The first-order valence-corrected chi connectivity index (χ1v) is 16.0. The Morgan fingerprint density at radius 3 is 2.41 bits per heavy atom. The summed E-state index contributed by atoms with van der Waals surface area (Å²) in [5.74, 6) is 1.94. The van der Waals surface area contributed by atoms with Gasteiger partial charge in [-0.15, -0.1) is 11.3 Å². The van der Waals surface area contributed by atoms with Gasteiger partial charge in [0, 0.05) is 36.2 Å². The number of morpholine rings is 1. The van der Waals surface area contributed by atoms with Crippen molar-refractivity contribution >= 4 is 51.2 Å². The normalized spacial score (nSPS) is 16.4. The molecule has 12 heteroatoms. The molecule has 3 aromatic rings. The van der Waals surface area contributed by atoms with Crippen LogP contribution >= 0.6 is 11.3 Å². The van der Waals surface area contributed by atoms with E-state index in [4.69, 9.17) is 19.5 Å². The van der Waals surface area contributed by atoms with E-state index in [2.05, 4.69) is 38.7 Å². The van der Waals surface area contributed by atoms with Gasteiger partial charge < -0.3 is 30.0 Å². The number of allylic oxidation sites excluding steroid dienone is 3. The Morgan fingerprint density at radius 1 is 1.18 bits per heavy atom. The van der Waals surface area contributed by atoms with Crippen LogP contribution in [0.1, 0.15) is 55.9 Å². The van der Waals surface area contributed by atoms with Gasteiger partial charge >= 0.3 is 0 Å². The minimum atomic E-state index is 0.146. The topological polar surface area (TPSA) is 128 Å². The number of hydrogen-bond donors (Lipinski definition) is 3. The fourth-order valence-corrected chi connectivity index (χ4v) is 5.06. The Labute approximate surface area is 265 Å². The van der Waals surface area contributed by atoms with Crippen LogP contribution in [0, 0.1) is 6.92 Å². The number of thiophene rings is 1. The summed E-state index contributed by atoms with van der Waals surface area (Å²) in [4.78, 5) is 34.9. The molecule has 1 saturated heterocycles. The number of rotatable bonds is 8. The summed E-state index contributed by atoms with van der Waals surface area (Å²) >= 11 is 1.76. The average molecular weight is 625 g/mol. The van der Waals surface area contributed by atoms with E-state index in [0.717, 1.165) is 71.8 Å². The Balaban J connectivity index is 0.000000239. The molecule has 1 aliphatic heterocycles. The summed E-state index contributed by atoms with van der Waals surface area (Å²) < 4.78 is 6.66. The van der Waals surface area contributed by atoms with E-state index in [1.807, 2.05) is 57.3 Å². The lowest BCUT2D eigenvalue weighted by Gasteiger charge is -2.28. The van der Waals surface area contributed by atoms with Crippen LogP contribution in [0.25, 0.3) is 21.9 Å². The van der Waals surface area contributed by atoms with E-state index in [9.17, 15) is 4.79 Å². The molecular formula is C32H48N8O3S. The molecule has 0 unspecified atom stereocenters. The number of amides is 1. The van der Waals surface area contributed by atoms with Crippen LogP contribution < -0.4 is 15.5 Å². The van der Waals surface area contributed by atoms with E-state index in [0.29, 0.717) is 12.6 Å². The van der Waals surface area contributed by atoms with Crippen LogP contribution in [0.3, 0.4) is 0 Å². The highest BCUT2D eigenvalue weighted by Crippen LogP contribution is 2.33. The monoisotopic (exact) mass is 624 g/mol. The van der Waals surface area contributed by atoms with Gasteiger partial charge in [0.2, 0.25) is 5.91 Å². The predicted octanol–water partition coefficient (Wildman–Crippen LogP) is 4.08. The summed E-state index contributed by atoms with van der Waals surface area (Å²) in [6.45, 7) is 9.33. The quantitative estimate of drug-likeness (QED) is 0.251. The summed E-state index contributed by atoms with van der Waals surface area (Å²) in [5, 5.41) is 12.9. The number of fused-ring (bicyclic) bond motifs is 1. The molecule has 44 heavy (non-hydrogen) atoms. The lowest BCUT2D eigenvalue weighted by atomic mass is 10.2. The molecule has 3 fully saturated rings. The van der Waals surface area contributed by atoms with Gasteiger partial charge in [0.15, 0.2) is 11.6 Å². The van der Waals surface area contributed by atoms with Crippen LogP contribution in [0.15, 0.2) is 30.5 Å². The smallest absolute Gasteiger partial charge is 0.234 e. The molecule has 0 radical (unpaired) electrons. The third kappa shape index (κ3) is 12.7. The number of ether oxygens (including phenoxy) is 1. The molecule has 2 aliphatic carbocycles. The maximum atomic E-state index is 11.0. The highest BCUT2D eigenvalue weighted by Gasteiger charge is 2.23. The highest BCUT2D eigenvalue weighted by molar-refractivity contribution is 7.19. The second kappa shape index (κ2) is 18.4. The van der Waals surface area contributed by atoms with Crippen LogP contribution in [0.4, 0.5) is 5.82 Å². The molecule has 2 saturated carbocycles. The van der Waals surface area contributed by atoms with Crippen molar-refractivity contribution in [3.8, 4) is 0 Å². The Hall–Kier alpha value is -3.45. The van der Waals surface area contributed by atoms with E-state index in [1.165, 1.54) is 37.5 Å². The SMILES string of the molecule is C/C(=C\C=C/c1ccn[nH]1)c1nc(N2CCOCC2)c2sc(C)cc2n1.CC=O.CN(C)CC(=O)NC1CC1.CNC1CC1. The van der Waals surface area contributed by atoms with Crippen molar-refractivity contribution < 1.29 is 14.3 Å². The molecule has 240 valence electrons. The minimum Gasteiger partial charge on any atom is -0.378 e. The first-order valence-electron chi connectivity index (χ1n) is 15.2. The number of hydrogen-bond acceptors (Lipinski definition) is 10. The largest absolute Gasteiger partial charge is 0.378 e. The number of likely N-dealkylation sites (N-methyl/N-ethyl adjacent to an activating group) is 1. The Bertz CT molecular complexity index is 1350. The number of carbonyl (C=O) groups excluding carboxylic acids is 2. The minimum absolute atomic E-state index is 0.146. The third-order valence-electron chi connectivity index (χ3n) is 6.67. The maximum Gasteiger partial charge on any atom is 0.234 e. The number of nitrogens with zero attached hydrogens (tertiary/aromatic N) is 5. The molecule has 6 rings (SSSR count). The summed E-state index contributed by atoms with van der Waals surface area (Å²) in [5.41, 5.74) is 3.01. The average Bonchev–Trinajstić information content (AvgIpc) is 3.92. The molecule has 3 aliphatic rings. The van der Waals surface area contributed by atoms with Crippen molar-refractivity contribution in [3.63, 3.8) is 0 Å². The second-order valence-corrected chi connectivity index (χ2v) is 12.4. The number of aromatic amines is 1. The zero-order valence-corrected chi connectivity index (χ0v) is 27.7. The number of aryl methyl sites for hydroxylation is 1. The number of aromatic nitrogens is 4. The van der Waals surface area contributed by atoms with Gasteiger partial charge in [-0.2, -0.15) is 5.10 Å². The zero-order valence-electron chi connectivity index (χ0n) is 26.9. The standard InChI is InChI=1S/C19H21N5OS.C7H14N2O.C4H9N.C2H4O/c1-13(4-3-5-15-6-7-20-23-15)18-21-16-12-14(2)26-17(16)19(22-18)24-8-10-25-11-9-24;1-9(2)5-7(10)8-6-3-4-6;1-5-4-2-3-4;1-2-3/h3-7,12H,8-11H2,1-2H3,(H,20,23);6H,3-5H2,1-2H3,(H,8,10);4-5H,2-3H2,1H3;2H,1H3/b5-3-,13-4+;;;. The molecular weight excluding hydrogens is 576 g/mol. The van der Waals surface area contributed by atoms with Crippen molar-refractivity contribution in [1.29, 1.82) is 0 Å². The van der Waals surface area contributed by atoms with Gasteiger partial charge in [-0.3, -0.25) is 9.89 Å². The van der Waals surface area contributed by atoms with E-state index in [1.54, 1.807) is 17.5 Å². The molecule has 0 aromatic carbocycles. The lowest BCUT2D eigenvalue weighted by Crippen LogP contribution is -2.37. The summed E-state index contributed by atoms with van der Waals surface area (Å²) in [6, 6.07) is 5.44. The molecule has 4 heterocycles. The van der Waals surface area contributed by atoms with Gasteiger partial charge in [-0.05, 0) is 91.4 Å². The van der Waals surface area contributed by atoms with Gasteiger partial charge in [0.25, 0.3) is 0 Å². The first-order chi connectivity index (χ1) is 21.2. The molecule has 0 spiro atoms. The third-order valence-corrected chi connectivity index (χ3v) is 7.71. The number of carbonyl (C=O) groups is 2. The summed E-state index contributed by atoms with van der Waals surface area (Å²) in [7, 11) is 5.80. The van der Waals surface area contributed by atoms with Gasteiger partial charge in [0.1, 0.15) is 6.29 Å². The lowest BCUT2D eigenvalue weighted by molar-refractivity contribution is -0.121. The molecule has 1 amide bonds. The van der Waals surface area contributed by atoms with Crippen LogP contribution in [-0.2, 0) is 14.3 Å². The summed E-state index contributed by atoms with van der Waals surface area (Å²) in [6.07, 6.45) is 13.6. The van der Waals surface area contributed by atoms with Crippen LogP contribution in [0.2, 0.25) is 0 Å². The fourth-order valence-electron chi connectivity index (χ4n) is 4.09. The van der Waals surface area contributed by atoms with E-state index in [-0.39, 0.29) is 5.91 Å². The molecule has 0 atom stereocenters. The number of nitrogens with one attached hydrogen (secondary N) is 3. The van der Waals surface area contributed by atoms with Crippen molar-refractivity contribution in [3.05, 3.63) is 46.9 Å². The fraction of sp³-hybridized carbons (Fsp3) is 0.531. The van der Waals surface area contributed by atoms with Crippen molar-refractivity contribution in [1.82, 2.24) is 35.7 Å². The van der Waals surface area contributed by atoms with Crippen LogP contribution in [-0.4, -0.2) is 103 Å². The van der Waals surface area contributed by atoms with E-state index >= 15 is 0 Å². The van der Waals surface area contributed by atoms with Crippen LogP contribution in [0.5, 0.6) is 0 Å². The second-order valence-electron chi connectivity index (χ2n) is 11.1. The molecule has 0 bridgehead atoms. The van der Waals surface area contributed by atoms with Crippen molar-refractivity contribution in [2.75, 3.05) is 58.9 Å². The predicted molar refractivity (Wildman–Crippen MR) is 180 cm³/mol. The van der Waals surface area contributed by atoms with Crippen molar-refractivity contribution in [2.45, 2.75) is 58.5 Å². The molecule has 11 nitrogen and oxygen atoms in total. The Morgan fingerprint density at radius 2 is 1.86 bits per heavy atom. The Kier molecular flexibility index (Phi) is 14.6. The maximum absolute atomic E-state index is 11.0. The van der Waals surface area contributed by atoms with Gasteiger partial charge in [0.05, 0.1) is 35.7 Å².